The SMILES string of the molecule is CCN(Cc1ccccc1)C(=O)CNC(=O)C(C)CSc1ccccc1. The van der Waals surface area contributed by atoms with Gasteiger partial charge in [-0.2, -0.15) is 0 Å². The number of benzene rings is 2. The van der Waals surface area contributed by atoms with Gasteiger partial charge in [0, 0.05) is 29.7 Å². The van der Waals surface area contributed by atoms with E-state index in [4.69, 9.17) is 0 Å². The van der Waals surface area contributed by atoms with E-state index in [0.717, 1.165) is 10.5 Å². The number of thioether (sulfide) groups is 1. The normalized spacial score (nSPS) is 11.6. The van der Waals surface area contributed by atoms with E-state index in [1.165, 1.54) is 0 Å². The lowest BCUT2D eigenvalue weighted by atomic mass is 10.2. The molecule has 2 amide bonds. The molecule has 0 bridgehead atoms. The first-order valence-corrected chi connectivity index (χ1v) is 9.86. The molecule has 1 N–H and O–H groups in total. The Balaban J connectivity index is 1.76. The zero-order chi connectivity index (χ0) is 18.8. The van der Waals surface area contributed by atoms with Crippen molar-refractivity contribution in [1.29, 1.82) is 0 Å². The summed E-state index contributed by atoms with van der Waals surface area (Å²) < 4.78 is 0. The van der Waals surface area contributed by atoms with E-state index in [9.17, 15) is 9.59 Å². The van der Waals surface area contributed by atoms with Crippen molar-refractivity contribution >= 4 is 23.6 Å². The van der Waals surface area contributed by atoms with Crippen LogP contribution in [0.5, 0.6) is 0 Å². The van der Waals surface area contributed by atoms with Crippen LogP contribution < -0.4 is 5.32 Å². The Hall–Kier alpha value is -2.27. The van der Waals surface area contributed by atoms with Crippen LogP contribution in [-0.4, -0.2) is 35.6 Å². The van der Waals surface area contributed by atoms with Gasteiger partial charge in [0.15, 0.2) is 0 Å². The lowest BCUT2D eigenvalue weighted by Gasteiger charge is -2.21. The van der Waals surface area contributed by atoms with Gasteiger partial charge in [0.25, 0.3) is 0 Å². The third kappa shape index (κ3) is 6.56. The number of hydrogen-bond donors (Lipinski definition) is 1. The first-order chi connectivity index (χ1) is 12.6. The first kappa shape index (κ1) is 20.0. The van der Waals surface area contributed by atoms with E-state index < -0.39 is 0 Å². The van der Waals surface area contributed by atoms with Crippen molar-refractivity contribution < 1.29 is 9.59 Å². The molecule has 1 unspecified atom stereocenters. The molecule has 2 aromatic carbocycles. The summed E-state index contributed by atoms with van der Waals surface area (Å²) >= 11 is 1.65. The Kier molecular flexibility index (Phi) is 8.22. The second-order valence-corrected chi connectivity index (χ2v) is 7.23. The van der Waals surface area contributed by atoms with Crippen molar-refractivity contribution in [2.45, 2.75) is 25.3 Å². The topological polar surface area (TPSA) is 49.4 Å². The number of carbonyl (C=O) groups excluding carboxylic acids is 2. The molecule has 0 aliphatic rings. The average Bonchev–Trinajstić information content (AvgIpc) is 2.69. The lowest BCUT2D eigenvalue weighted by Crippen LogP contribution is -2.41. The molecule has 4 nitrogen and oxygen atoms in total. The van der Waals surface area contributed by atoms with Crippen LogP contribution in [0, 0.1) is 5.92 Å². The summed E-state index contributed by atoms with van der Waals surface area (Å²) in [5, 5.41) is 2.78. The van der Waals surface area contributed by atoms with E-state index in [1.807, 2.05) is 74.5 Å². The molecule has 1 atom stereocenters. The molecule has 26 heavy (non-hydrogen) atoms. The van der Waals surface area contributed by atoms with Crippen LogP contribution >= 0.6 is 11.8 Å². The molecular formula is C21H26N2O2S. The van der Waals surface area contributed by atoms with Crippen LogP contribution in [0.3, 0.4) is 0 Å². The Morgan fingerprint density at radius 3 is 2.27 bits per heavy atom. The van der Waals surface area contributed by atoms with Gasteiger partial charge < -0.3 is 10.2 Å². The quantitative estimate of drug-likeness (QED) is 0.687. The molecule has 0 aromatic heterocycles. The average molecular weight is 371 g/mol. The summed E-state index contributed by atoms with van der Waals surface area (Å²) in [7, 11) is 0. The molecule has 0 aliphatic heterocycles. The van der Waals surface area contributed by atoms with Crippen molar-refractivity contribution in [2.24, 2.45) is 5.92 Å². The number of nitrogens with one attached hydrogen (secondary N) is 1. The third-order valence-electron chi connectivity index (χ3n) is 4.06. The smallest absolute Gasteiger partial charge is 0.242 e. The molecule has 0 fully saturated rings. The first-order valence-electron chi connectivity index (χ1n) is 8.87. The molecule has 0 aliphatic carbocycles. The maximum Gasteiger partial charge on any atom is 0.242 e. The van der Waals surface area contributed by atoms with Gasteiger partial charge in [0.1, 0.15) is 0 Å². The van der Waals surface area contributed by atoms with Gasteiger partial charge >= 0.3 is 0 Å². The maximum atomic E-state index is 12.4. The summed E-state index contributed by atoms with van der Waals surface area (Å²) in [6.45, 7) is 5.05. The van der Waals surface area contributed by atoms with Crippen molar-refractivity contribution in [3.8, 4) is 0 Å². The second-order valence-electron chi connectivity index (χ2n) is 6.14. The van der Waals surface area contributed by atoms with Gasteiger partial charge in [-0.15, -0.1) is 11.8 Å². The van der Waals surface area contributed by atoms with Crippen LogP contribution in [0.4, 0.5) is 0 Å². The van der Waals surface area contributed by atoms with Crippen LogP contribution in [0.1, 0.15) is 19.4 Å². The van der Waals surface area contributed by atoms with E-state index in [0.29, 0.717) is 18.8 Å². The molecule has 138 valence electrons. The maximum absolute atomic E-state index is 12.4. The van der Waals surface area contributed by atoms with Crippen molar-refractivity contribution in [3.05, 3.63) is 66.2 Å². The van der Waals surface area contributed by atoms with Crippen LogP contribution in [0.2, 0.25) is 0 Å². The van der Waals surface area contributed by atoms with Crippen molar-refractivity contribution in [3.63, 3.8) is 0 Å². The number of amides is 2. The van der Waals surface area contributed by atoms with Gasteiger partial charge in [-0.3, -0.25) is 9.59 Å². The minimum Gasteiger partial charge on any atom is -0.347 e. The number of nitrogens with zero attached hydrogens (tertiary/aromatic N) is 1. The summed E-state index contributed by atoms with van der Waals surface area (Å²) in [6.07, 6.45) is 0. The number of likely N-dealkylation sites (N-methyl/N-ethyl adjacent to an activating group) is 1. The van der Waals surface area contributed by atoms with Gasteiger partial charge in [0.2, 0.25) is 11.8 Å². The molecule has 5 heteroatoms. The second kappa shape index (κ2) is 10.7. The fourth-order valence-electron chi connectivity index (χ4n) is 2.44. The largest absolute Gasteiger partial charge is 0.347 e. The van der Waals surface area contributed by atoms with Crippen LogP contribution in [0.15, 0.2) is 65.6 Å². The Morgan fingerprint density at radius 1 is 1.04 bits per heavy atom. The molecule has 2 rings (SSSR count). The molecule has 0 radical (unpaired) electrons. The van der Waals surface area contributed by atoms with E-state index in [-0.39, 0.29) is 24.3 Å². The predicted molar refractivity (Wildman–Crippen MR) is 107 cm³/mol. The highest BCUT2D eigenvalue weighted by molar-refractivity contribution is 7.99. The minimum absolute atomic E-state index is 0.0415. The van der Waals surface area contributed by atoms with E-state index >= 15 is 0 Å². The standard InChI is InChI=1S/C21H26N2O2S/c1-3-23(15-18-10-6-4-7-11-18)20(24)14-22-21(25)17(2)16-26-19-12-8-5-9-13-19/h4-13,17H,3,14-16H2,1-2H3,(H,22,25). The third-order valence-corrected chi connectivity index (χ3v) is 5.33. The monoisotopic (exact) mass is 370 g/mol. The Morgan fingerprint density at radius 2 is 1.65 bits per heavy atom. The zero-order valence-electron chi connectivity index (χ0n) is 15.4. The minimum atomic E-state index is -0.155. The Labute approximate surface area is 160 Å². The highest BCUT2D eigenvalue weighted by Gasteiger charge is 2.17. The zero-order valence-corrected chi connectivity index (χ0v) is 16.2. The summed E-state index contributed by atoms with van der Waals surface area (Å²) in [6, 6.07) is 19.9. The van der Waals surface area contributed by atoms with Gasteiger partial charge in [-0.05, 0) is 24.6 Å². The van der Waals surface area contributed by atoms with Gasteiger partial charge in [-0.1, -0.05) is 55.5 Å². The summed E-state index contributed by atoms with van der Waals surface area (Å²) in [4.78, 5) is 27.5. The number of rotatable bonds is 9. The molecular weight excluding hydrogens is 344 g/mol. The van der Waals surface area contributed by atoms with E-state index in [2.05, 4.69) is 5.32 Å². The number of hydrogen-bond acceptors (Lipinski definition) is 3. The number of carbonyl (C=O) groups is 2. The lowest BCUT2D eigenvalue weighted by molar-refractivity contribution is -0.133. The highest BCUT2D eigenvalue weighted by atomic mass is 32.2. The predicted octanol–water partition coefficient (Wildman–Crippen LogP) is 3.58. The highest BCUT2D eigenvalue weighted by Crippen LogP contribution is 2.20. The fourth-order valence-corrected chi connectivity index (χ4v) is 3.39. The van der Waals surface area contributed by atoms with Crippen LogP contribution in [0.25, 0.3) is 0 Å². The molecule has 0 saturated carbocycles. The van der Waals surface area contributed by atoms with Gasteiger partial charge in [0.05, 0.1) is 6.54 Å². The van der Waals surface area contributed by atoms with Crippen LogP contribution in [-0.2, 0) is 16.1 Å². The van der Waals surface area contributed by atoms with Gasteiger partial charge in [-0.25, -0.2) is 0 Å². The molecule has 0 saturated heterocycles. The molecule has 0 spiro atoms. The van der Waals surface area contributed by atoms with Crippen molar-refractivity contribution in [1.82, 2.24) is 10.2 Å². The van der Waals surface area contributed by atoms with E-state index in [1.54, 1.807) is 16.7 Å². The molecule has 2 aromatic rings. The Bertz CT molecular complexity index is 692. The molecule has 0 heterocycles. The van der Waals surface area contributed by atoms with Crippen molar-refractivity contribution in [2.75, 3.05) is 18.8 Å². The summed E-state index contributed by atoms with van der Waals surface area (Å²) in [5.74, 6) is 0.383. The summed E-state index contributed by atoms with van der Waals surface area (Å²) in [5.41, 5.74) is 1.08. The fraction of sp³-hybridized carbons (Fsp3) is 0.333.